The topological polar surface area (TPSA) is 83.8 Å². The quantitative estimate of drug-likeness (QED) is 0.292. The Hall–Kier alpha value is -0.940. The summed E-state index contributed by atoms with van der Waals surface area (Å²) in [6.45, 7) is -0.713. The molecular formula is C4H6O5. The fraction of sp³-hybridized carbons (Fsp3) is 0.500. The van der Waals surface area contributed by atoms with Crippen LogP contribution in [0.5, 0.6) is 0 Å². The minimum absolute atomic E-state index is 0.590. The molecule has 0 radical (unpaired) electrons. The number of ketones is 1. The lowest BCUT2D eigenvalue weighted by atomic mass is 10.3. The van der Waals surface area contributed by atoms with Crippen LogP contribution in [0, 0.1) is 0 Å². The van der Waals surface area contributed by atoms with E-state index in [0.717, 1.165) is 0 Å². The molecule has 0 fully saturated rings. The molecular weight excluding hydrogens is 128 g/mol. The van der Waals surface area contributed by atoms with Gasteiger partial charge in [-0.15, -0.1) is 0 Å². The number of carbonyl (C=O) groups excluding carboxylic acids is 2. The second-order valence-corrected chi connectivity index (χ2v) is 1.34. The van der Waals surface area contributed by atoms with Gasteiger partial charge in [0.2, 0.25) is 0 Å². The molecule has 0 saturated carbocycles. The van der Waals surface area contributed by atoms with E-state index < -0.39 is 24.8 Å². The van der Waals surface area contributed by atoms with E-state index in [2.05, 4.69) is 4.89 Å². The maximum atomic E-state index is 10.1. The van der Waals surface area contributed by atoms with Crippen molar-refractivity contribution in [3.8, 4) is 0 Å². The molecule has 0 aromatic rings. The summed E-state index contributed by atoms with van der Waals surface area (Å²) in [5.74, 6) is -1.75. The summed E-state index contributed by atoms with van der Waals surface area (Å²) < 4.78 is 0. The van der Waals surface area contributed by atoms with Gasteiger partial charge in [-0.2, -0.15) is 5.26 Å². The molecule has 0 aliphatic heterocycles. The molecule has 0 spiro atoms. The number of hydrogen-bond donors (Lipinski definition) is 2. The highest BCUT2D eigenvalue weighted by Gasteiger charge is 2.08. The number of aliphatic hydroxyl groups excluding tert-OH is 1. The molecule has 52 valence electrons. The Morgan fingerprint density at radius 1 is 1.44 bits per heavy atom. The largest absolute Gasteiger partial charge is 0.389 e. The van der Waals surface area contributed by atoms with Gasteiger partial charge in [-0.25, -0.2) is 4.79 Å². The van der Waals surface area contributed by atoms with Crippen LogP contribution < -0.4 is 0 Å². The van der Waals surface area contributed by atoms with Gasteiger partial charge in [-0.05, 0) is 0 Å². The molecule has 0 aliphatic carbocycles. The second-order valence-electron chi connectivity index (χ2n) is 1.34. The van der Waals surface area contributed by atoms with Crippen molar-refractivity contribution in [1.29, 1.82) is 0 Å². The van der Waals surface area contributed by atoms with Gasteiger partial charge in [-0.3, -0.25) is 4.79 Å². The lowest BCUT2D eigenvalue weighted by Crippen LogP contribution is -2.12. The van der Waals surface area contributed by atoms with Gasteiger partial charge in [0.05, 0.1) is 0 Å². The average molecular weight is 134 g/mol. The average Bonchev–Trinajstić information content (AvgIpc) is 1.87. The maximum Gasteiger partial charge on any atom is 0.349 e. The number of hydrogen-bond acceptors (Lipinski definition) is 5. The van der Waals surface area contributed by atoms with Crippen LogP contribution in [0.3, 0.4) is 0 Å². The Kier molecular flexibility index (Phi) is 3.57. The Labute approximate surface area is 50.8 Å². The molecule has 0 rings (SSSR count). The molecule has 0 unspecified atom stereocenters. The van der Waals surface area contributed by atoms with Crippen LogP contribution in [0.2, 0.25) is 0 Å². The minimum atomic E-state index is -1.06. The van der Waals surface area contributed by atoms with Crippen LogP contribution in [0.15, 0.2) is 0 Å². The summed E-state index contributed by atoms with van der Waals surface area (Å²) >= 11 is 0. The smallest absolute Gasteiger partial charge is 0.349 e. The van der Waals surface area contributed by atoms with Crippen molar-refractivity contribution in [3.63, 3.8) is 0 Å². The lowest BCUT2D eigenvalue weighted by Gasteiger charge is -1.90. The van der Waals surface area contributed by atoms with Crippen molar-refractivity contribution >= 4 is 11.8 Å². The summed E-state index contributed by atoms with van der Waals surface area (Å²) in [7, 11) is 0. The molecule has 0 saturated heterocycles. The van der Waals surface area contributed by atoms with E-state index in [0.29, 0.717) is 0 Å². The number of aliphatic hydroxyl groups is 1. The van der Waals surface area contributed by atoms with Crippen molar-refractivity contribution in [2.45, 2.75) is 6.42 Å². The van der Waals surface area contributed by atoms with Gasteiger partial charge in [0.25, 0.3) is 0 Å². The van der Waals surface area contributed by atoms with Crippen LogP contribution in [0.1, 0.15) is 6.42 Å². The molecule has 0 bridgehead atoms. The molecule has 0 aliphatic rings. The van der Waals surface area contributed by atoms with Crippen molar-refractivity contribution in [2.24, 2.45) is 0 Å². The third kappa shape index (κ3) is 3.63. The highest BCUT2D eigenvalue weighted by molar-refractivity contribution is 5.95. The van der Waals surface area contributed by atoms with Crippen molar-refractivity contribution in [3.05, 3.63) is 0 Å². The standard InChI is InChI=1S/C4H6O5/c5-2-3(6)1-4(7)9-8/h5,8H,1-2H2. The first kappa shape index (κ1) is 8.06. The van der Waals surface area contributed by atoms with Crippen molar-refractivity contribution < 1.29 is 24.8 Å². The van der Waals surface area contributed by atoms with Gasteiger partial charge in [0.1, 0.15) is 13.0 Å². The molecule has 5 nitrogen and oxygen atoms in total. The van der Waals surface area contributed by atoms with Crippen LogP contribution in [0.4, 0.5) is 0 Å². The predicted molar refractivity (Wildman–Crippen MR) is 25.4 cm³/mol. The molecule has 0 amide bonds. The van der Waals surface area contributed by atoms with Crippen LogP contribution in [-0.2, 0) is 14.5 Å². The molecule has 0 heterocycles. The SMILES string of the molecule is O=C(CO)CC(=O)OO. The fourth-order valence-electron chi connectivity index (χ4n) is 0.249. The summed E-state index contributed by atoms with van der Waals surface area (Å²) in [6.07, 6.45) is -0.590. The first-order chi connectivity index (χ1) is 4.20. The summed E-state index contributed by atoms with van der Waals surface area (Å²) in [5.41, 5.74) is 0. The van der Waals surface area contributed by atoms with Crippen LogP contribution in [0.25, 0.3) is 0 Å². The zero-order valence-corrected chi connectivity index (χ0v) is 4.53. The number of Topliss-reactive ketones (excluding diaryl/α,β-unsaturated/α-hetero) is 1. The van der Waals surface area contributed by atoms with Crippen molar-refractivity contribution in [1.82, 2.24) is 0 Å². The Morgan fingerprint density at radius 3 is 2.33 bits per heavy atom. The van der Waals surface area contributed by atoms with Gasteiger partial charge >= 0.3 is 5.97 Å². The molecule has 5 heteroatoms. The number of rotatable bonds is 3. The Morgan fingerprint density at radius 2 is 2.00 bits per heavy atom. The van der Waals surface area contributed by atoms with E-state index in [9.17, 15) is 9.59 Å². The van der Waals surface area contributed by atoms with Gasteiger partial charge in [-0.1, -0.05) is 0 Å². The van der Waals surface area contributed by atoms with Gasteiger partial charge in [0, 0.05) is 0 Å². The van der Waals surface area contributed by atoms with E-state index in [-0.39, 0.29) is 0 Å². The van der Waals surface area contributed by atoms with Crippen LogP contribution >= 0.6 is 0 Å². The molecule has 2 N–H and O–H groups in total. The first-order valence-corrected chi connectivity index (χ1v) is 2.17. The van der Waals surface area contributed by atoms with Crippen LogP contribution in [-0.4, -0.2) is 28.7 Å². The van der Waals surface area contributed by atoms with Gasteiger partial charge < -0.3 is 9.99 Å². The van der Waals surface area contributed by atoms with Crippen molar-refractivity contribution in [2.75, 3.05) is 6.61 Å². The summed E-state index contributed by atoms with van der Waals surface area (Å²) in [5, 5.41) is 15.6. The normalized spacial score (nSPS) is 8.67. The first-order valence-electron chi connectivity index (χ1n) is 2.17. The van der Waals surface area contributed by atoms with E-state index in [1.807, 2.05) is 0 Å². The Balaban J connectivity index is 3.47. The number of carbonyl (C=O) groups is 2. The predicted octanol–water partition coefficient (Wildman–Crippen LogP) is -1.05. The third-order valence-corrected chi connectivity index (χ3v) is 0.620. The van der Waals surface area contributed by atoms with E-state index in [4.69, 9.17) is 10.4 Å². The second kappa shape index (κ2) is 3.99. The van der Waals surface area contributed by atoms with Gasteiger partial charge in [0.15, 0.2) is 5.78 Å². The zero-order valence-electron chi connectivity index (χ0n) is 4.53. The molecule has 0 aromatic carbocycles. The fourth-order valence-corrected chi connectivity index (χ4v) is 0.249. The summed E-state index contributed by atoms with van der Waals surface area (Å²) in [4.78, 5) is 23.2. The van der Waals surface area contributed by atoms with E-state index in [1.54, 1.807) is 0 Å². The molecule has 0 atom stereocenters. The maximum absolute atomic E-state index is 10.1. The molecule has 9 heavy (non-hydrogen) atoms. The summed E-state index contributed by atoms with van der Waals surface area (Å²) in [6, 6.07) is 0. The van der Waals surface area contributed by atoms with E-state index >= 15 is 0 Å². The highest BCUT2D eigenvalue weighted by Crippen LogP contribution is 1.83. The molecule has 0 aromatic heterocycles. The highest BCUT2D eigenvalue weighted by atomic mass is 17.1. The zero-order chi connectivity index (χ0) is 7.28. The Bertz CT molecular complexity index is 104. The third-order valence-electron chi connectivity index (χ3n) is 0.620. The lowest BCUT2D eigenvalue weighted by molar-refractivity contribution is -0.233. The van der Waals surface area contributed by atoms with E-state index in [1.165, 1.54) is 0 Å². The minimum Gasteiger partial charge on any atom is -0.389 e. The monoisotopic (exact) mass is 134 g/mol.